The Hall–Kier alpha value is -1.71. The molecule has 0 heterocycles. The molecule has 1 N–H and O–H groups in total. The average molecular weight is 350 g/mol. The second-order valence-electron chi connectivity index (χ2n) is 6.60. The van der Waals surface area contributed by atoms with Crippen LogP contribution < -0.4 is 4.74 Å². The van der Waals surface area contributed by atoms with Crippen molar-refractivity contribution in [2.24, 2.45) is 0 Å². The first-order chi connectivity index (χ1) is 12.2. The molecule has 4 nitrogen and oxygen atoms in total. The fraction of sp³-hybridized carbons (Fsp3) is 0.667. The zero-order valence-corrected chi connectivity index (χ0v) is 15.9. The van der Waals surface area contributed by atoms with Crippen molar-refractivity contribution in [1.82, 2.24) is 0 Å². The maximum atomic E-state index is 11.8. The Morgan fingerprint density at radius 1 is 0.960 bits per heavy atom. The van der Waals surface area contributed by atoms with E-state index in [1.807, 2.05) is 0 Å². The van der Waals surface area contributed by atoms with Crippen LogP contribution in [0.15, 0.2) is 18.2 Å². The predicted molar refractivity (Wildman–Crippen MR) is 101 cm³/mol. The molecular formula is C21H34O4. The van der Waals surface area contributed by atoms with Gasteiger partial charge in [-0.3, -0.25) is 4.79 Å². The first-order valence-corrected chi connectivity index (χ1v) is 9.69. The van der Waals surface area contributed by atoms with Crippen LogP contribution in [0, 0.1) is 0 Å². The maximum absolute atomic E-state index is 11.8. The summed E-state index contributed by atoms with van der Waals surface area (Å²) in [5.41, 5.74) is 0.811. The summed E-state index contributed by atoms with van der Waals surface area (Å²) in [6.45, 7) is 2.46. The Bertz CT molecular complexity index is 485. The third-order valence-corrected chi connectivity index (χ3v) is 4.38. The Morgan fingerprint density at radius 3 is 2.16 bits per heavy atom. The van der Waals surface area contributed by atoms with E-state index in [1.54, 1.807) is 18.2 Å². The van der Waals surface area contributed by atoms with Gasteiger partial charge >= 0.3 is 5.97 Å². The van der Waals surface area contributed by atoms with E-state index in [1.165, 1.54) is 58.5 Å². The SMILES string of the molecule is CCCCCCCCCCCCC(=O)OCc1ccc(O)c(OC)c1. The van der Waals surface area contributed by atoms with Gasteiger partial charge in [-0.1, -0.05) is 70.8 Å². The van der Waals surface area contributed by atoms with Crippen LogP contribution in [0.4, 0.5) is 0 Å². The molecule has 142 valence electrons. The van der Waals surface area contributed by atoms with E-state index >= 15 is 0 Å². The van der Waals surface area contributed by atoms with E-state index < -0.39 is 0 Å². The van der Waals surface area contributed by atoms with Crippen LogP contribution in [0.2, 0.25) is 0 Å². The van der Waals surface area contributed by atoms with Crippen molar-refractivity contribution in [3.05, 3.63) is 23.8 Å². The highest BCUT2D eigenvalue weighted by Crippen LogP contribution is 2.26. The summed E-state index contributed by atoms with van der Waals surface area (Å²) in [6.07, 6.45) is 13.0. The Balaban J connectivity index is 2.02. The van der Waals surface area contributed by atoms with E-state index in [0.29, 0.717) is 12.2 Å². The number of carbonyl (C=O) groups is 1. The lowest BCUT2D eigenvalue weighted by atomic mass is 10.1. The Morgan fingerprint density at radius 2 is 1.56 bits per heavy atom. The van der Waals surface area contributed by atoms with Crippen LogP contribution in [0.3, 0.4) is 0 Å². The molecule has 0 atom stereocenters. The Labute approximate surface area is 152 Å². The molecule has 0 aromatic heterocycles. The number of hydrogen-bond donors (Lipinski definition) is 1. The Kier molecular flexibility index (Phi) is 11.6. The van der Waals surface area contributed by atoms with Crippen LogP contribution in [0.1, 0.15) is 83.1 Å². The lowest BCUT2D eigenvalue weighted by Gasteiger charge is -2.08. The number of ether oxygens (including phenoxy) is 2. The van der Waals surface area contributed by atoms with Crippen molar-refractivity contribution < 1.29 is 19.4 Å². The van der Waals surface area contributed by atoms with Crippen molar-refractivity contribution in [2.75, 3.05) is 7.11 Å². The number of esters is 1. The molecule has 0 bridgehead atoms. The van der Waals surface area contributed by atoms with Crippen molar-refractivity contribution in [3.63, 3.8) is 0 Å². The topological polar surface area (TPSA) is 55.8 Å². The number of phenols is 1. The molecule has 0 aliphatic heterocycles. The normalized spacial score (nSPS) is 10.6. The van der Waals surface area contributed by atoms with Gasteiger partial charge in [0.2, 0.25) is 0 Å². The van der Waals surface area contributed by atoms with Gasteiger partial charge in [-0.25, -0.2) is 0 Å². The number of unbranched alkanes of at least 4 members (excludes halogenated alkanes) is 9. The van der Waals surface area contributed by atoms with Gasteiger partial charge in [0.25, 0.3) is 0 Å². The number of hydrogen-bond acceptors (Lipinski definition) is 4. The molecule has 0 fully saturated rings. The van der Waals surface area contributed by atoms with Gasteiger partial charge in [0.1, 0.15) is 6.61 Å². The quantitative estimate of drug-likeness (QED) is 0.342. The second kappa shape index (κ2) is 13.6. The zero-order valence-electron chi connectivity index (χ0n) is 15.9. The second-order valence-corrected chi connectivity index (χ2v) is 6.60. The molecule has 1 aromatic carbocycles. The summed E-state index contributed by atoms with van der Waals surface area (Å²) in [6, 6.07) is 4.96. The van der Waals surface area contributed by atoms with Crippen LogP contribution in [-0.4, -0.2) is 18.2 Å². The summed E-state index contributed by atoms with van der Waals surface area (Å²) in [5, 5.41) is 9.54. The minimum Gasteiger partial charge on any atom is -0.504 e. The first-order valence-electron chi connectivity index (χ1n) is 9.69. The standard InChI is InChI=1S/C21H34O4/c1-3-4-5-6-7-8-9-10-11-12-13-21(23)25-17-18-14-15-19(22)20(16-18)24-2/h14-16,22H,3-13,17H2,1-2H3. The van der Waals surface area contributed by atoms with Crippen LogP contribution in [0.25, 0.3) is 0 Å². The average Bonchev–Trinajstić information content (AvgIpc) is 2.62. The molecule has 0 aliphatic carbocycles. The van der Waals surface area contributed by atoms with Crippen LogP contribution >= 0.6 is 0 Å². The van der Waals surface area contributed by atoms with Gasteiger partial charge < -0.3 is 14.6 Å². The summed E-state index contributed by atoms with van der Waals surface area (Å²) >= 11 is 0. The highest BCUT2D eigenvalue weighted by Gasteiger charge is 2.06. The first kappa shape index (κ1) is 21.3. The molecule has 0 saturated carbocycles. The van der Waals surface area contributed by atoms with E-state index in [2.05, 4.69) is 6.92 Å². The van der Waals surface area contributed by atoms with Crippen molar-refractivity contribution in [3.8, 4) is 11.5 Å². The molecular weight excluding hydrogens is 316 g/mol. The number of aromatic hydroxyl groups is 1. The minimum atomic E-state index is -0.161. The number of methoxy groups -OCH3 is 1. The molecule has 0 spiro atoms. The largest absolute Gasteiger partial charge is 0.504 e. The van der Waals surface area contributed by atoms with E-state index in [4.69, 9.17) is 9.47 Å². The molecule has 0 amide bonds. The van der Waals surface area contributed by atoms with Crippen LogP contribution in [-0.2, 0) is 16.1 Å². The van der Waals surface area contributed by atoms with Crippen molar-refractivity contribution in [1.29, 1.82) is 0 Å². The zero-order chi connectivity index (χ0) is 18.3. The summed E-state index contributed by atoms with van der Waals surface area (Å²) in [4.78, 5) is 11.8. The molecule has 1 aromatic rings. The van der Waals surface area contributed by atoms with Gasteiger partial charge in [-0.15, -0.1) is 0 Å². The number of phenolic OH excluding ortho intramolecular Hbond substituents is 1. The third-order valence-electron chi connectivity index (χ3n) is 4.38. The van der Waals surface area contributed by atoms with Gasteiger partial charge in [-0.05, 0) is 24.1 Å². The lowest BCUT2D eigenvalue weighted by Crippen LogP contribution is -2.04. The summed E-state index contributed by atoms with van der Waals surface area (Å²) in [7, 11) is 1.50. The summed E-state index contributed by atoms with van der Waals surface area (Å²) in [5.74, 6) is 0.317. The molecule has 0 radical (unpaired) electrons. The third kappa shape index (κ3) is 10.0. The number of benzene rings is 1. The molecule has 0 saturated heterocycles. The van der Waals surface area contributed by atoms with Crippen molar-refractivity contribution in [2.45, 2.75) is 84.2 Å². The smallest absolute Gasteiger partial charge is 0.306 e. The van der Waals surface area contributed by atoms with Gasteiger partial charge in [-0.2, -0.15) is 0 Å². The van der Waals surface area contributed by atoms with E-state index in [-0.39, 0.29) is 18.3 Å². The molecule has 4 heteroatoms. The monoisotopic (exact) mass is 350 g/mol. The van der Waals surface area contributed by atoms with Crippen LogP contribution in [0.5, 0.6) is 11.5 Å². The van der Waals surface area contributed by atoms with Gasteiger partial charge in [0.15, 0.2) is 11.5 Å². The fourth-order valence-corrected chi connectivity index (χ4v) is 2.80. The van der Waals surface area contributed by atoms with Gasteiger partial charge in [0, 0.05) is 6.42 Å². The molecule has 25 heavy (non-hydrogen) atoms. The number of carbonyl (C=O) groups excluding carboxylic acids is 1. The highest BCUT2D eigenvalue weighted by molar-refractivity contribution is 5.69. The van der Waals surface area contributed by atoms with E-state index in [9.17, 15) is 9.90 Å². The predicted octanol–water partition coefficient (Wildman–Crippen LogP) is 5.76. The van der Waals surface area contributed by atoms with E-state index in [0.717, 1.165) is 18.4 Å². The molecule has 1 rings (SSSR count). The fourth-order valence-electron chi connectivity index (χ4n) is 2.80. The highest BCUT2D eigenvalue weighted by atomic mass is 16.5. The molecule has 0 unspecified atom stereocenters. The minimum absolute atomic E-state index is 0.0861. The number of rotatable bonds is 14. The lowest BCUT2D eigenvalue weighted by molar-refractivity contribution is -0.145. The summed E-state index contributed by atoms with van der Waals surface area (Å²) < 4.78 is 10.3. The molecule has 0 aliphatic rings. The van der Waals surface area contributed by atoms with Gasteiger partial charge in [0.05, 0.1) is 7.11 Å². The maximum Gasteiger partial charge on any atom is 0.306 e. The van der Waals surface area contributed by atoms with Crippen molar-refractivity contribution >= 4 is 5.97 Å².